The topological polar surface area (TPSA) is 32.9 Å². The van der Waals surface area contributed by atoms with Gasteiger partial charge in [-0.05, 0) is 18.9 Å². The summed E-state index contributed by atoms with van der Waals surface area (Å²) in [5.74, 6) is -0.416. The second kappa shape index (κ2) is 3.09. The molecule has 0 amide bonds. The molecular weight excluding hydrogens is 157 g/mol. The average Bonchev–Trinajstić information content (AvgIpc) is 1.96. The van der Waals surface area contributed by atoms with Crippen LogP contribution in [-0.2, 0) is 0 Å². The summed E-state index contributed by atoms with van der Waals surface area (Å²) in [6.45, 7) is 5.44. The SMILES string of the molecule is Cc1cc(C(C)C)c(F)[nH]c1=O. The van der Waals surface area contributed by atoms with Crippen molar-refractivity contribution < 1.29 is 4.39 Å². The van der Waals surface area contributed by atoms with Gasteiger partial charge in [0.05, 0.1) is 0 Å². The summed E-state index contributed by atoms with van der Waals surface area (Å²) in [5, 5.41) is 0. The number of rotatable bonds is 1. The summed E-state index contributed by atoms with van der Waals surface area (Å²) in [5.41, 5.74) is 0.768. The van der Waals surface area contributed by atoms with E-state index in [1.807, 2.05) is 13.8 Å². The van der Waals surface area contributed by atoms with Crippen molar-refractivity contribution in [1.82, 2.24) is 4.98 Å². The molecule has 0 aromatic carbocycles. The maximum absolute atomic E-state index is 13.0. The van der Waals surface area contributed by atoms with Crippen molar-refractivity contribution >= 4 is 0 Å². The molecule has 0 aliphatic carbocycles. The van der Waals surface area contributed by atoms with Crippen LogP contribution >= 0.6 is 0 Å². The Bertz CT molecular complexity index is 341. The van der Waals surface area contributed by atoms with E-state index in [9.17, 15) is 9.18 Å². The Labute approximate surface area is 70.4 Å². The molecule has 0 fully saturated rings. The summed E-state index contributed by atoms with van der Waals surface area (Å²) in [4.78, 5) is 13.1. The quantitative estimate of drug-likeness (QED) is 0.640. The zero-order valence-electron chi connectivity index (χ0n) is 7.44. The lowest BCUT2D eigenvalue weighted by molar-refractivity contribution is 0.551. The molecule has 0 saturated carbocycles. The Kier molecular flexibility index (Phi) is 2.31. The molecule has 1 aromatic heterocycles. The molecule has 0 bridgehead atoms. The van der Waals surface area contributed by atoms with E-state index in [1.165, 1.54) is 0 Å². The highest BCUT2D eigenvalue weighted by atomic mass is 19.1. The van der Waals surface area contributed by atoms with E-state index < -0.39 is 5.95 Å². The molecule has 66 valence electrons. The number of aryl methyl sites for hydroxylation is 1. The van der Waals surface area contributed by atoms with Crippen LogP contribution in [0, 0.1) is 12.9 Å². The maximum Gasteiger partial charge on any atom is 0.253 e. The first-order valence-corrected chi connectivity index (χ1v) is 3.91. The molecule has 1 aromatic rings. The van der Waals surface area contributed by atoms with E-state index in [2.05, 4.69) is 4.98 Å². The van der Waals surface area contributed by atoms with Crippen LogP contribution in [0.15, 0.2) is 10.9 Å². The minimum Gasteiger partial charge on any atom is -0.298 e. The molecule has 1 N–H and O–H groups in total. The Morgan fingerprint density at radius 3 is 2.58 bits per heavy atom. The Hall–Kier alpha value is -1.12. The minimum absolute atomic E-state index is 0.0977. The number of halogens is 1. The van der Waals surface area contributed by atoms with Crippen molar-refractivity contribution in [3.63, 3.8) is 0 Å². The van der Waals surface area contributed by atoms with Gasteiger partial charge in [0, 0.05) is 11.1 Å². The monoisotopic (exact) mass is 169 g/mol. The largest absolute Gasteiger partial charge is 0.298 e. The molecule has 0 saturated heterocycles. The molecule has 0 atom stereocenters. The Balaban J connectivity index is 3.33. The van der Waals surface area contributed by atoms with Crippen LogP contribution in [-0.4, -0.2) is 4.98 Å². The van der Waals surface area contributed by atoms with Gasteiger partial charge in [-0.2, -0.15) is 4.39 Å². The van der Waals surface area contributed by atoms with Gasteiger partial charge in [-0.25, -0.2) is 0 Å². The van der Waals surface area contributed by atoms with Crippen LogP contribution in [0.4, 0.5) is 4.39 Å². The van der Waals surface area contributed by atoms with Gasteiger partial charge < -0.3 is 0 Å². The van der Waals surface area contributed by atoms with Gasteiger partial charge in [0.2, 0.25) is 0 Å². The predicted molar refractivity (Wildman–Crippen MR) is 45.8 cm³/mol. The van der Waals surface area contributed by atoms with Crippen LogP contribution in [0.1, 0.15) is 30.9 Å². The Morgan fingerprint density at radius 2 is 2.08 bits per heavy atom. The lowest BCUT2D eigenvalue weighted by atomic mass is 10.0. The van der Waals surface area contributed by atoms with Gasteiger partial charge in [-0.1, -0.05) is 13.8 Å². The fourth-order valence-corrected chi connectivity index (χ4v) is 1.05. The number of H-pyrrole nitrogens is 1. The number of hydrogen-bond acceptors (Lipinski definition) is 1. The van der Waals surface area contributed by atoms with Crippen LogP contribution in [0.25, 0.3) is 0 Å². The van der Waals surface area contributed by atoms with Crippen LogP contribution in [0.5, 0.6) is 0 Å². The van der Waals surface area contributed by atoms with Crippen LogP contribution in [0.2, 0.25) is 0 Å². The standard InChI is InChI=1S/C9H12FNO/c1-5(2)7-4-6(3)9(12)11-8(7)10/h4-5H,1-3H3,(H,11,12). The van der Waals surface area contributed by atoms with Crippen molar-refractivity contribution in [3.8, 4) is 0 Å². The second-order valence-electron chi connectivity index (χ2n) is 3.21. The number of nitrogens with one attached hydrogen (secondary N) is 1. The number of aromatic nitrogens is 1. The van der Waals surface area contributed by atoms with Crippen LogP contribution in [0.3, 0.4) is 0 Å². The van der Waals surface area contributed by atoms with E-state index in [0.717, 1.165) is 0 Å². The van der Waals surface area contributed by atoms with E-state index in [4.69, 9.17) is 0 Å². The summed E-state index contributed by atoms with van der Waals surface area (Å²) < 4.78 is 13.0. The fraction of sp³-hybridized carbons (Fsp3) is 0.444. The van der Waals surface area contributed by atoms with Crippen LogP contribution < -0.4 is 5.56 Å². The summed E-state index contributed by atoms with van der Waals surface area (Å²) in [6.07, 6.45) is 0. The van der Waals surface area contributed by atoms with Crippen molar-refractivity contribution in [2.45, 2.75) is 26.7 Å². The number of pyridine rings is 1. The Morgan fingerprint density at radius 1 is 1.50 bits per heavy atom. The van der Waals surface area contributed by atoms with E-state index in [0.29, 0.717) is 11.1 Å². The highest BCUT2D eigenvalue weighted by molar-refractivity contribution is 5.20. The molecule has 1 rings (SSSR count). The molecular formula is C9H12FNO. The highest BCUT2D eigenvalue weighted by Gasteiger charge is 2.08. The number of hydrogen-bond donors (Lipinski definition) is 1. The molecule has 2 nitrogen and oxygen atoms in total. The maximum atomic E-state index is 13.0. The lowest BCUT2D eigenvalue weighted by Crippen LogP contribution is -2.13. The third kappa shape index (κ3) is 1.55. The smallest absolute Gasteiger partial charge is 0.253 e. The molecule has 0 aliphatic heterocycles. The second-order valence-corrected chi connectivity index (χ2v) is 3.21. The molecule has 0 radical (unpaired) electrons. The summed E-state index contributed by atoms with van der Waals surface area (Å²) in [6, 6.07) is 1.60. The average molecular weight is 169 g/mol. The molecule has 3 heteroatoms. The first-order valence-electron chi connectivity index (χ1n) is 3.91. The summed E-state index contributed by atoms with van der Waals surface area (Å²) >= 11 is 0. The molecule has 1 heterocycles. The van der Waals surface area contributed by atoms with Crippen molar-refractivity contribution in [3.05, 3.63) is 33.5 Å². The zero-order valence-corrected chi connectivity index (χ0v) is 7.44. The summed E-state index contributed by atoms with van der Waals surface area (Å²) in [7, 11) is 0. The van der Waals surface area contributed by atoms with Crippen molar-refractivity contribution in [1.29, 1.82) is 0 Å². The zero-order chi connectivity index (χ0) is 9.30. The first kappa shape index (κ1) is 8.97. The third-order valence-electron chi connectivity index (χ3n) is 1.83. The number of aromatic amines is 1. The van der Waals surface area contributed by atoms with Gasteiger partial charge in [0.25, 0.3) is 5.56 Å². The molecule has 12 heavy (non-hydrogen) atoms. The van der Waals surface area contributed by atoms with Gasteiger partial charge in [0.15, 0.2) is 5.95 Å². The normalized spacial score (nSPS) is 10.8. The van der Waals surface area contributed by atoms with E-state index in [-0.39, 0.29) is 11.5 Å². The van der Waals surface area contributed by atoms with Gasteiger partial charge in [-0.15, -0.1) is 0 Å². The minimum atomic E-state index is -0.513. The fourth-order valence-electron chi connectivity index (χ4n) is 1.05. The van der Waals surface area contributed by atoms with Gasteiger partial charge in [0.1, 0.15) is 0 Å². The first-order chi connectivity index (χ1) is 5.52. The van der Waals surface area contributed by atoms with Crippen molar-refractivity contribution in [2.24, 2.45) is 0 Å². The van der Waals surface area contributed by atoms with Crippen molar-refractivity contribution in [2.75, 3.05) is 0 Å². The van der Waals surface area contributed by atoms with Gasteiger partial charge in [-0.3, -0.25) is 9.78 Å². The predicted octanol–water partition coefficient (Wildman–Crippen LogP) is 1.95. The lowest BCUT2D eigenvalue weighted by Gasteiger charge is -2.06. The van der Waals surface area contributed by atoms with E-state index in [1.54, 1.807) is 13.0 Å². The third-order valence-corrected chi connectivity index (χ3v) is 1.83. The highest BCUT2D eigenvalue weighted by Crippen LogP contribution is 2.15. The van der Waals surface area contributed by atoms with E-state index >= 15 is 0 Å². The molecule has 0 unspecified atom stereocenters. The molecule has 0 aliphatic rings. The van der Waals surface area contributed by atoms with Gasteiger partial charge >= 0.3 is 0 Å². The molecule has 0 spiro atoms.